The minimum atomic E-state index is -1.25. The molecule has 8 nitrogen and oxygen atoms in total. The van der Waals surface area contributed by atoms with E-state index in [1.54, 1.807) is 6.92 Å². The molecule has 0 bridgehead atoms. The van der Waals surface area contributed by atoms with E-state index in [0.717, 1.165) is 6.07 Å². The monoisotopic (exact) mass is 299 g/mol. The molecule has 9 heteroatoms. The third kappa shape index (κ3) is 3.88. The molecule has 0 radical (unpaired) electrons. The van der Waals surface area contributed by atoms with Crippen LogP contribution in [0.15, 0.2) is 12.1 Å². The van der Waals surface area contributed by atoms with E-state index in [2.05, 4.69) is 5.32 Å². The Labute approximate surface area is 118 Å². The molecule has 0 spiro atoms. The number of benzene rings is 1. The Morgan fingerprint density at radius 2 is 2.14 bits per heavy atom. The first-order valence-electron chi connectivity index (χ1n) is 6.05. The number of aliphatic carboxylic acids is 1. The third-order valence-corrected chi connectivity index (χ3v) is 2.75. The number of nitro benzene ring substituents is 1. The number of nitrogens with two attached hydrogens (primary N) is 1. The van der Waals surface area contributed by atoms with Crippen LogP contribution < -0.4 is 11.1 Å². The molecule has 1 amide bonds. The van der Waals surface area contributed by atoms with Gasteiger partial charge in [0, 0.05) is 0 Å². The minimum absolute atomic E-state index is 0.165. The number of nitro groups is 1. The molecule has 0 aromatic heterocycles. The van der Waals surface area contributed by atoms with Crippen LogP contribution >= 0.6 is 0 Å². The van der Waals surface area contributed by atoms with Gasteiger partial charge in [-0.15, -0.1) is 0 Å². The number of anilines is 1. The van der Waals surface area contributed by atoms with Crippen LogP contribution in [0.1, 0.15) is 30.1 Å². The number of hydrogen-bond acceptors (Lipinski definition) is 5. The van der Waals surface area contributed by atoms with Crippen molar-refractivity contribution < 1.29 is 24.0 Å². The van der Waals surface area contributed by atoms with Crippen molar-refractivity contribution in [3.05, 3.63) is 33.6 Å². The molecule has 1 aromatic rings. The molecule has 114 valence electrons. The summed E-state index contributed by atoms with van der Waals surface area (Å²) in [6.07, 6.45) is 0.661. The lowest BCUT2D eigenvalue weighted by molar-refractivity contribution is -0.384. The standard InChI is InChI=1S/C12H14FN3O5/c1-2-3-8(12(18)19)15-11(17)7-4-6(13)5-9(10(7)14)16(20)21/h4-5,8H,2-3,14H2,1H3,(H,15,17)(H,18,19). The van der Waals surface area contributed by atoms with Crippen LogP contribution in [0, 0.1) is 15.9 Å². The number of carboxylic acid groups (broad SMARTS) is 1. The highest BCUT2D eigenvalue weighted by Crippen LogP contribution is 2.26. The van der Waals surface area contributed by atoms with E-state index in [4.69, 9.17) is 10.8 Å². The second-order valence-corrected chi connectivity index (χ2v) is 4.30. The average Bonchev–Trinajstić information content (AvgIpc) is 2.39. The van der Waals surface area contributed by atoms with E-state index >= 15 is 0 Å². The molecule has 4 N–H and O–H groups in total. The topological polar surface area (TPSA) is 136 Å². The molecule has 0 saturated heterocycles. The number of hydrogen-bond donors (Lipinski definition) is 3. The summed E-state index contributed by atoms with van der Waals surface area (Å²) < 4.78 is 13.3. The number of amides is 1. The Kier molecular flexibility index (Phi) is 5.17. The fourth-order valence-corrected chi connectivity index (χ4v) is 1.72. The number of carboxylic acids is 1. The summed E-state index contributed by atoms with van der Waals surface area (Å²) in [5, 5.41) is 21.8. The number of rotatable bonds is 6. The van der Waals surface area contributed by atoms with E-state index in [0.29, 0.717) is 12.5 Å². The van der Waals surface area contributed by atoms with Gasteiger partial charge < -0.3 is 16.2 Å². The third-order valence-electron chi connectivity index (χ3n) is 2.75. The predicted octanol–water partition coefficient (Wildman–Crippen LogP) is 1.30. The van der Waals surface area contributed by atoms with Crippen molar-refractivity contribution >= 4 is 23.3 Å². The highest BCUT2D eigenvalue weighted by Gasteiger charge is 2.25. The molecular weight excluding hydrogens is 285 g/mol. The Bertz CT molecular complexity index is 591. The van der Waals surface area contributed by atoms with Gasteiger partial charge >= 0.3 is 5.97 Å². The largest absolute Gasteiger partial charge is 0.480 e. The van der Waals surface area contributed by atoms with Crippen LogP contribution in [0.4, 0.5) is 15.8 Å². The maximum atomic E-state index is 13.3. The Morgan fingerprint density at radius 3 is 2.62 bits per heavy atom. The van der Waals surface area contributed by atoms with Crippen molar-refractivity contribution in [1.82, 2.24) is 5.32 Å². The molecule has 0 fully saturated rings. The molecule has 0 aliphatic rings. The summed E-state index contributed by atoms with van der Waals surface area (Å²) in [6, 6.07) is 0.138. The van der Waals surface area contributed by atoms with Gasteiger partial charge in [-0.05, 0) is 12.5 Å². The molecule has 1 rings (SSSR count). The van der Waals surface area contributed by atoms with E-state index in [1.807, 2.05) is 0 Å². The Hall–Kier alpha value is -2.71. The quantitative estimate of drug-likeness (QED) is 0.411. The molecule has 1 unspecified atom stereocenters. The van der Waals surface area contributed by atoms with Gasteiger partial charge in [0.25, 0.3) is 11.6 Å². The van der Waals surface area contributed by atoms with Gasteiger partial charge in [-0.25, -0.2) is 9.18 Å². The van der Waals surface area contributed by atoms with Crippen LogP contribution in [-0.4, -0.2) is 27.9 Å². The number of halogens is 1. The number of carbonyl (C=O) groups excluding carboxylic acids is 1. The second-order valence-electron chi connectivity index (χ2n) is 4.30. The van der Waals surface area contributed by atoms with Crippen LogP contribution in [0.5, 0.6) is 0 Å². The van der Waals surface area contributed by atoms with Crippen molar-refractivity contribution in [2.24, 2.45) is 0 Å². The first-order chi connectivity index (χ1) is 9.77. The molecular formula is C12H14FN3O5. The van der Waals surface area contributed by atoms with Gasteiger partial charge in [-0.3, -0.25) is 14.9 Å². The average molecular weight is 299 g/mol. The molecule has 0 aliphatic carbocycles. The lowest BCUT2D eigenvalue weighted by Crippen LogP contribution is -2.41. The second kappa shape index (κ2) is 6.64. The zero-order valence-electron chi connectivity index (χ0n) is 11.1. The van der Waals surface area contributed by atoms with Gasteiger partial charge in [-0.2, -0.15) is 0 Å². The van der Waals surface area contributed by atoms with Crippen molar-refractivity contribution in [3.8, 4) is 0 Å². The van der Waals surface area contributed by atoms with Crippen LogP contribution in [0.3, 0.4) is 0 Å². The smallest absolute Gasteiger partial charge is 0.326 e. The van der Waals surface area contributed by atoms with Crippen molar-refractivity contribution in [1.29, 1.82) is 0 Å². The van der Waals surface area contributed by atoms with E-state index in [-0.39, 0.29) is 6.42 Å². The Balaban J connectivity index is 3.12. The lowest BCUT2D eigenvalue weighted by atomic mass is 10.1. The maximum Gasteiger partial charge on any atom is 0.326 e. The molecule has 0 aliphatic heterocycles. The number of nitrogens with one attached hydrogen (secondary N) is 1. The minimum Gasteiger partial charge on any atom is -0.480 e. The van der Waals surface area contributed by atoms with Gasteiger partial charge in [-0.1, -0.05) is 13.3 Å². The molecule has 0 saturated carbocycles. The maximum absolute atomic E-state index is 13.3. The first kappa shape index (κ1) is 16.3. The zero-order chi connectivity index (χ0) is 16.2. The zero-order valence-corrected chi connectivity index (χ0v) is 11.1. The highest BCUT2D eigenvalue weighted by atomic mass is 19.1. The van der Waals surface area contributed by atoms with Gasteiger partial charge in [0.1, 0.15) is 17.5 Å². The predicted molar refractivity (Wildman–Crippen MR) is 71.3 cm³/mol. The van der Waals surface area contributed by atoms with Gasteiger partial charge in [0.2, 0.25) is 0 Å². The van der Waals surface area contributed by atoms with E-state index in [1.165, 1.54) is 0 Å². The van der Waals surface area contributed by atoms with Crippen molar-refractivity contribution in [3.63, 3.8) is 0 Å². The Morgan fingerprint density at radius 1 is 1.52 bits per heavy atom. The molecule has 21 heavy (non-hydrogen) atoms. The summed E-state index contributed by atoms with van der Waals surface area (Å²) in [5.74, 6) is -3.24. The highest BCUT2D eigenvalue weighted by molar-refractivity contribution is 6.02. The van der Waals surface area contributed by atoms with Crippen molar-refractivity contribution in [2.45, 2.75) is 25.8 Å². The summed E-state index contributed by atoms with van der Waals surface area (Å²) >= 11 is 0. The van der Waals surface area contributed by atoms with Crippen LogP contribution in [0.2, 0.25) is 0 Å². The van der Waals surface area contributed by atoms with E-state index in [9.17, 15) is 24.1 Å². The first-order valence-corrected chi connectivity index (χ1v) is 6.05. The summed E-state index contributed by atoms with van der Waals surface area (Å²) in [6.45, 7) is 1.73. The fraction of sp³-hybridized carbons (Fsp3) is 0.333. The van der Waals surface area contributed by atoms with Crippen LogP contribution in [-0.2, 0) is 4.79 Å². The van der Waals surface area contributed by atoms with E-state index < -0.39 is 45.6 Å². The van der Waals surface area contributed by atoms with Gasteiger partial charge in [0.15, 0.2) is 0 Å². The molecule has 1 aromatic carbocycles. The molecule has 1 atom stereocenters. The number of nitrogen functional groups attached to an aromatic ring is 1. The number of carbonyl (C=O) groups is 2. The summed E-state index contributed by atoms with van der Waals surface area (Å²) in [4.78, 5) is 32.7. The normalized spacial score (nSPS) is 11.7. The van der Waals surface area contributed by atoms with Crippen LogP contribution in [0.25, 0.3) is 0 Å². The summed E-state index contributed by atoms with van der Waals surface area (Å²) in [7, 11) is 0. The SMILES string of the molecule is CCCC(NC(=O)c1cc(F)cc([N+](=O)[O-])c1N)C(=O)O. The lowest BCUT2D eigenvalue weighted by Gasteiger charge is -2.14. The fourth-order valence-electron chi connectivity index (χ4n) is 1.72. The van der Waals surface area contributed by atoms with Crippen molar-refractivity contribution in [2.75, 3.05) is 5.73 Å². The molecule has 0 heterocycles. The van der Waals surface area contributed by atoms with Gasteiger partial charge in [0.05, 0.1) is 16.6 Å². The summed E-state index contributed by atoms with van der Waals surface area (Å²) in [5.41, 5.74) is 3.73. The number of nitrogens with zero attached hydrogens (tertiary/aromatic N) is 1.